The lowest BCUT2D eigenvalue weighted by atomic mass is 10.2. The summed E-state index contributed by atoms with van der Waals surface area (Å²) in [5.41, 5.74) is 1.92. The normalized spacial score (nSPS) is 12.1. The summed E-state index contributed by atoms with van der Waals surface area (Å²) in [6.45, 7) is 0.658. The number of hydrogen-bond acceptors (Lipinski definition) is 6. The predicted molar refractivity (Wildman–Crippen MR) is 108 cm³/mol. The molecule has 0 aliphatic carbocycles. The third-order valence-corrected chi connectivity index (χ3v) is 5.10. The molecule has 3 aromatic rings. The number of aromatic nitrogens is 1. The smallest absolute Gasteiger partial charge is 0.161 e. The molecule has 0 spiro atoms. The molecule has 1 N–H and O–H groups in total. The van der Waals surface area contributed by atoms with E-state index in [0.29, 0.717) is 23.9 Å². The molecular weight excluding hydrogens is 362 g/mol. The predicted octanol–water partition coefficient (Wildman–Crippen LogP) is 3.92. The minimum absolute atomic E-state index is 0.259. The average molecular weight is 385 g/mol. The molecule has 0 bridgehead atoms. The van der Waals surface area contributed by atoms with Crippen molar-refractivity contribution >= 4 is 22.7 Å². The maximum Gasteiger partial charge on any atom is 0.161 e. The zero-order chi connectivity index (χ0) is 19.1. The molecule has 0 amide bonds. The van der Waals surface area contributed by atoms with E-state index in [-0.39, 0.29) is 6.61 Å². The third kappa shape index (κ3) is 5.35. The Balaban J connectivity index is 1.46. The summed E-state index contributed by atoms with van der Waals surface area (Å²) in [4.78, 5) is 4.60. The van der Waals surface area contributed by atoms with E-state index in [2.05, 4.69) is 4.98 Å². The van der Waals surface area contributed by atoms with Gasteiger partial charge in [0.05, 0.1) is 44.1 Å². The van der Waals surface area contributed by atoms with E-state index in [1.54, 1.807) is 14.2 Å². The van der Waals surface area contributed by atoms with Crippen LogP contribution in [-0.2, 0) is 11.3 Å². The number of para-hydroxylation sites is 1. The Labute approximate surface area is 163 Å². The number of thioether (sulfide) groups is 1. The summed E-state index contributed by atoms with van der Waals surface area (Å²) >= 11 is 1.52. The standard InChI is InChI=1S/C21H23NO4S/c1-24-19-9-7-15(11-20(19)25-2)12-26-13-17(23)14-27-21-10-8-16-5-3-4-6-18(16)22-21/h3-11,17,23H,12-14H2,1-2H3. The number of pyridine rings is 1. The molecule has 3 rings (SSSR count). The first-order valence-corrected chi connectivity index (χ1v) is 9.63. The fourth-order valence-corrected chi connectivity index (χ4v) is 3.43. The summed E-state index contributed by atoms with van der Waals surface area (Å²) in [6, 6.07) is 17.6. The second-order valence-electron chi connectivity index (χ2n) is 6.01. The van der Waals surface area contributed by atoms with Gasteiger partial charge in [-0.2, -0.15) is 0 Å². The van der Waals surface area contributed by atoms with Crippen LogP contribution >= 0.6 is 11.8 Å². The van der Waals surface area contributed by atoms with Crippen LogP contribution in [0.1, 0.15) is 5.56 Å². The number of hydrogen-bond donors (Lipinski definition) is 1. The number of methoxy groups -OCH3 is 2. The minimum atomic E-state index is -0.566. The Morgan fingerprint density at radius 2 is 1.81 bits per heavy atom. The van der Waals surface area contributed by atoms with Crippen molar-refractivity contribution in [1.82, 2.24) is 4.98 Å². The second-order valence-corrected chi connectivity index (χ2v) is 7.05. The van der Waals surface area contributed by atoms with Crippen LogP contribution in [0.5, 0.6) is 11.5 Å². The van der Waals surface area contributed by atoms with Crippen molar-refractivity contribution in [1.29, 1.82) is 0 Å². The van der Waals surface area contributed by atoms with Crippen molar-refractivity contribution < 1.29 is 19.3 Å². The van der Waals surface area contributed by atoms with Crippen LogP contribution in [0.25, 0.3) is 10.9 Å². The van der Waals surface area contributed by atoms with E-state index >= 15 is 0 Å². The molecule has 1 heterocycles. The summed E-state index contributed by atoms with van der Waals surface area (Å²) in [5, 5.41) is 12.2. The highest BCUT2D eigenvalue weighted by Crippen LogP contribution is 2.28. The molecule has 1 atom stereocenters. The van der Waals surface area contributed by atoms with E-state index in [1.807, 2.05) is 54.6 Å². The summed E-state index contributed by atoms with van der Waals surface area (Å²) in [5.74, 6) is 1.87. The van der Waals surface area contributed by atoms with Crippen LogP contribution in [0.2, 0.25) is 0 Å². The molecule has 1 aromatic heterocycles. The molecule has 2 aromatic carbocycles. The second kappa shape index (κ2) is 9.60. The first kappa shape index (κ1) is 19.5. The molecule has 0 saturated heterocycles. The minimum Gasteiger partial charge on any atom is -0.493 e. The maximum atomic E-state index is 10.2. The number of benzene rings is 2. The Morgan fingerprint density at radius 3 is 2.63 bits per heavy atom. The molecule has 0 aliphatic heterocycles. The SMILES string of the molecule is COc1ccc(COCC(O)CSc2ccc3ccccc3n2)cc1OC. The number of ether oxygens (including phenoxy) is 3. The molecule has 0 saturated carbocycles. The van der Waals surface area contributed by atoms with Gasteiger partial charge in [-0.3, -0.25) is 0 Å². The van der Waals surface area contributed by atoms with Gasteiger partial charge >= 0.3 is 0 Å². The number of aliphatic hydroxyl groups is 1. The molecular formula is C21H23NO4S. The highest BCUT2D eigenvalue weighted by Gasteiger charge is 2.09. The molecule has 0 aliphatic rings. The Hall–Kier alpha value is -2.28. The van der Waals surface area contributed by atoms with Gasteiger partial charge in [0.1, 0.15) is 0 Å². The van der Waals surface area contributed by atoms with E-state index in [9.17, 15) is 5.11 Å². The van der Waals surface area contributed by atoms with Gasteiger partial charge in [-0.25, -0.2) is 4.98 Å². The number of nitrogens with zero attached hydrogens (tertiary/aromatic N) is 1. The van der Waals surface area contributed by atoms with Gasteiger partial charge in [0.25, 0.3) is 0 Å². The van der Waals surface area contributed by atoms with Crippen molar-refractivity contribution in [2.45, 2.75) is 17.7 Å². The van der Waals surface area contributed by atoms with E-state index < -0.39 is 6.10 Å². The lowest BCUT2D eigenvalue weighted by Gasteiger charge is -2.12. The molecule has 6 heteroatoms. The van der Waals surface area contributed by atoms with Crippen LogP contribution in [0.3, 0.4) is 0 Å². The van der Waals surface area contributed by atoms with E-state index in [4.69, 9.17) is 14.2 Å². The summed E-state index contributed by atoms with van der Waals surface area (Å²) < 4.78 is 16.1. The van der Waals surface area contributed by atoms with Crippen LogP contribution < -0.4 is 9.47 Å². The van der Waals surface area contributed by atoms with E-state index in [1.165, 1.54) is 11.8 Å². The number of rotatable bonds is 9. The van der Waals surface area contributed by atoms with Crippen LogP contribution in [-0.4, -0.2) is 42.8 Å². The topological polar surface area (TPSA) is 60.8 Å². The highest BCUT2D eigenvalue weighted by molar-refractivity contribution is 7.99. The summed E-state index contributed by atoms with van der Waals surface area (Å²) in [7, 11) is 3.21. The molecule has 142 valence electrons. The van der Waals surface area contributed by atoms with Crippen LogP contribution in [0.4, 0.5) is 0 Å². The van der Waals surface area contributed by atoms with Gasteiger partial charge in [-0.1, -0.05) is 30.3 Å². The monoisotopic (exact) mass is 385 g/mol. The van der Waals surface area contributed by atoms with Crippen molar-refractivity contribution in [3.63, 3.8) is 0 Å². The van der Waals surface area contributed by atoms with Gasteiger partial charge in [0.2, 0.25) is 0 Å². The highest BCUT2D eigenvalue weighted by atomic mass is 32.2. The molecule has 0 fully saturated rings. The first-order valence-electron chi connectivity index (χ1n) is 8.65. The Bertz CT molecular complexity index is 887. The lowest BCUT2D eigenvalue weighted by molar-refractivity contribution is 0.0397. The van der Waals surface area contributed by atoms with Gasteiger partial charge < -0.3 is 19.3 Å². The van der Waals surface area contributed by atoms with Gasteiger partial charge in [-0.05, 0) is 29.8 Å². The number of aliphatic hydroxyl groups excluding tert-OH is 1. The van der Waals surface area contributed by atoms with Crippen molar-refractivity contribution in [2.75, 3.05) is 26.6 Å². The molecule has 0 radical (unpaired) electrons. The molecule has 1 unspecified atom stereocenters. The van der Waals surface area contributed by atoms with E-state index in [0.717, 1.165) is 21.5 Å². The van der Waals surface area contributed by atoms with Gasteiger partial charge in [0.15, 0.2) is 11.5 Å². The first-order chi connectivity index (χ1) is 13.2. The Kier molecular flexibility index (Phi) is 6.92. The van der Waals surface area contributed by atoms with Crippen molar-refractivity contribution in [3.05, 3.63) is 60.2 Å². The summed E-state index contributed by atoms with van der Waals surface area (Å²) in [6.07, 6.45) is -0.566. The fraction of sp³-hybridized carbons (Fsp3) is 0.286. The quantitative estimate of drug-likeness (QED) is 0.563. The zero-order valence-electron chi connectivity index (χ0n) is 15.4. The zero-order valence-corrected chi connectivity index (χ0v) is 16.2. The largest absolute Gasteiger partial charge is 0.493 e. The molecule has 27 heavy (non-hydrogen) atoms. The maximum absolute atomic E-state index is 10.2. The number of fused-ring (bicyclic) bond motifs is 1. The average Bonchev–Trinajstić information content (AvgIpc) is 2.72. The van der Waals surface area contributed by atoms with Crippen molar-refractivity contribution in [2.24, 2.45) is 0 Å². The Morgan fingerprint density at radius 1 is 1.00 bits per heavy atom. The van der Waals surface area contributed by atoms with Crippen LogP contribution in [0, 0.1) is 0 Å². The van der Waals surface area contributed by atoms with Crippen molar-refractivity contribution in [3.8, 4) is 11.5 Å². The third-order valence-electron chi connectivity index (χ3n) is 4.02. The lowest BCUT2D eigenvalue weighted by Crippen LogP contribution is -2.18. The fourth-order valence-electron chi connectivity index (χ4n) is 2.64. The van der Waals surface area contributed by atoms with Gasteiger partial charge in [0, 0.05) is 11.1 Å². The van der Waals surface area contributed by atoms with Gasteiger partial charge in [-0.15, -0.1) is 11.8 Å². The molecule has 5 nitrogen and oxygen atoms in total. The van der Waals surface area contributed by atoms with Crippen LogP contribution in [0.15, 0.2) is 59.6 Å².